The van der Waals surface area contributed by atoms with Crippen LogP contribution in [0.15, 0.2) is 48.5 Å². The second kappa shape index (κ2) is 7.72. The Labute approximate surface area is 137 Å². The van der Waals surface area contributed by atoms with Crippen molar-refractivity contribution < 1.29 is 22.7 Å². The molecular formula is C17H17F3N2O2. The van der Waals surface area contributed by atoms with Crippen LogP contribution in [0.1, 0.15) is 11.1 Å². The van der Waals surface area contributed by atoms with Gasteiger partial charge in [0.1, 0.15) is 5.75 Å². The normalized spacial score (nSPS) is 11.0. The number of amides is 1. The molecule has 0 aliphatic carbocycles. The summed E-state index contributed by atoms with van der Waals surface area (Å²) in [6.07, 6.45) is -4.47. The Balaban J connectivity index is 1.93. The molecule has 0 saturated heterocycles. The van der Waals surface area contributed by atoms with Gasteiger partial charge in [-0.1, -0.05) is 30.3 Å². The molecule has 0 saturated carbocycles. The molecule has 0 bridgehead atoms. The van der Waals surface area contributed by atoms with Crippen LogP contribution >= 0.6 is 0 Å². The van der Waals surface area contributed by atoms with Gasteiger partial charge in [-0.05, 0) is 18.2 Å². The SMILES string of the molecule is COc1ccccc1CNC(=O)CNc1ccccc1C(F)(F)F. The van der Waals surface area contributed by atoms with Crippen LogP contribution in [0, 0.1) is 0 Å². The van der Waals surface area contributed by atoms with Crippen molar-refractivity contribution >= 4 is 11.6 Å². The summed E-state index contributed by atoms with van der Waals surface area (Å²) >= 11 is 0. The summed E-state index contributed by atoms with van der Waals surface area (Å²) in [5, 5.41) is 5.16. The average Bonchev–Trinajstić information content (AvgIpc) is 2.57. The lowest BCUT2D eigenvalue weighted by Crippen LogP contribution is -2.30. The van der Waals surface area contributed by atoms with Crippen molar-refractivity contribution in [3.63, 3.8) is 0 Å². The highest BCUT2D eigenvalue weighted by molar-refractivity contribution is 5.81. The van der Waals surface area contributed by atoms with Crippen molar-refractivity contribution in [2.45, 2.75) is 12.7 Å². The Bertz CT molecular complexity index is 702. The summed E-state index contributed by atoms with van der Waals surface area (Å²) in [6.45, 7) is -0.0340. The summed E-state index contributed by atoms with van der Waals surface area (Å²) in [7, 11) is 1.52. The maximum atomic E-state index is 12.9. The van der Waals surface area contributed by atoms with Gasteiger partial charge in [-0.15, -0.1) is 0 Å². The highest BCUT2D eigenvalue weighted by atomic mass is 19.4. The van der Waals surface area contributed by atoms with Crippen molar-refractivity contribution in [1.29, 1.82) is 0 Å². The van der Waals surface area contributed by atoms with E-state index in [1.54, 1.807) is 18.2 Å². The van der Waals surface area contributed by atoms with E-state index < -0.39 is 17.6 Å². The molecule has 128 valence electrons. The zero-order chi connectivity index (χ0) is 17.6. The van der Waals surface area contributed by atoms with Gasteiger partial charge in [0, 0.05) is 17.8 Å². The first-order valence-electron chi connectivity index (χ1n) is 7.20. The molecule has 0 fully saturated rings. The lowest BCUT2D eigenvalue weighted by Gasteiger charge is -2.14. The molecule has 0 spiro atoms. The average molecular weight is 338 g/mol. The standard InChI is InChI=1S/C17H17F3N2O2/c1-24-15-9-5-2-6-12(15)10-22-16(23)11-21-14-8-4-3-7-13(14)17(18,19)20/h2-9,21H,10-11H2,1H3,(H,22,23). The van der Waals surface area contributed by atoms with Crippen LogP contribution in [0.25, 0.3) is 0 Å². The quantitative estimate of drug-likeness (QED) is 0.848. The molecule has 24 heavy (non-hydrogen) atoms. The lowest BCUT2D eigenvalue weighted by atomic mass is 10.1. The smallest absolute Gasteiger partial charge is 0.418 e. The molecule has 0 atom stereocenters. The molecule has 2 aromatic carbocycles. The lowest BCUT2D eigenvalue weighted by molar-refractivity contribution is -0.137. The topological polar surface area (TPSA) is 50.4 Å². The molecule has 0 unspecified atom stereocenters. The van der Waals surface area contributed by atoms with Gasteiger partial charge < -0.3 is 15.4 Å². The van der Waals surface area contributed by atoms with Gasteiger partial charge in [-0.3, -0.25) is 4.79 Å². The minimum absolute atomic E-state index is 0.127. The van der Waals surface area contributed by atoms with Gasteiger partial charge in [0.2, 0.25) is 5.91 Å². The van der Waals surface area contributed by atoms with Crippen molar-refractivity contribution in [3.8, 4) is 5.75 Å². The number of nitrogens with one attached hydrogen (secondary N) is 2. The number of hydrogen-bond donors (Lipinski definition) is 2. The van der Waals surface area contributed by atoms with Crippen molar-refractivity contribution in [1.82, 2.24) is 5.32 Å². The summed E-state index contributed by atoms with van der Waals surface area (Å²) in [4.78, 5) is 11.9. The van der Waals surface area contributed by atoms with Crippen molar-refractivity contribution in [2.24, 2.45) is 0 Å². The largest absolute Gasteiger partial charge is 0.496 e. The van der Waals surface area contributed by atoms with Crippen LogP contribution in [0.3, 0.4) is 0 Å². The number of ether oxygens (including phenoxy) is 1. The summed E-state index contributed by atoms with van der Waals surface area (Å²) in [5.41, 5.74) is -0.149. The molecule has 0 aliphatic heterocycles. The summed E-state index contributed by atoms with van der Waals surface area (Å²) in [5.74, 6) is 0.214. The van der Waals surface area contributed by atoms with Crippen LogP contribution in [0.4, 0.5) is 18.9 Å². The fourth-order valence-electron chi connectivity index (χ4n) is 2.17. The Hall–Kier alpha value is -2.70. The molecule has 2 rings (SSSR count). The monoisotopic (exact) mass is 338 g/mol. The van der Waals surface area contributed by atoms with Crippen molar-refractivity contribution in [3.05, 3.63) is 59.7 Å². The molecule has 2 N–H and O–H groups in total. The zero-order valence-corrected chi connectivity index (χ0v) is 13.0. The summed E-state index contributed by atoms with van der Waals surface area (Å²) < 4.78 is 43.8. The van der Waals surface area contributed by atoms with E-state index in [4.69, 9.17) is 4.74 Å². The first-order valence-corrected chi connectivity index (χ1v) is 7.20. The predicted molar refractivity (Wildman–Crippen MR) is 84.8 cm³/mol. The van der Waals surface area contributed by atoms with E-state index in [-0.39, 0.29) is 18.8 Å². The molecule has 0 radical (unpaired) electrons. The fourth-order valence-corrected chi connectivity index (χ4v) is 2.17. The molecule has 0 aliphatic rings. The van der Waals surface area contributed by atoms with E-state index >= 15 is 0 Å². The Kier molecular flexibility index (Phi) is 5.68. The van der Waals surface area contributed by atoms with Gasteiger partial charge in [-0.2, -0.15) is 13.2 Å². The maximum Gasteiger partial charge on any atom is 0.418 e. The second-order valence-electron chi connectivity index (χ2n) is 4.99. The third kappa shape index (κ3) is 4.65. The van der Waals surface area contributed by atoms with Crippen LogP contribution in [-0.4, -0.2) is 19.6 Å². The zero-order valence-electron chi connectivity index (χ0n) is 13.0. The van der Waals surface area contributed by atoms with Crippen LogP contribution < -0.4 is 15.4 Å². The number of carbonyl (C=O) groups excluding carboxylic acids is 1. The van der Waals surface area contributed by atoms with E-state index in [1.807, 2.05) is 6.07 Å². The van der Waals surface area contributed by atoms with Gasteiger partial charge in [0.25, 0.3) is 0 Å². The van der Waals surface area contributed by atoms with Crippen LogP contribution in [0.5, 0.6) is 5.75 Å². The van der Waals surface area contributed by atoms with E-state index in [0.29, 0.717) is 5.75 Å². The van der Waals surface area contributed by atoms with E-state index in [2.05, 4.69) is 10.6 Å². The Morgan fingerprint density at radius 3 is 2.46 bits per heavy atom. The number of para-hydroxylation sites is 2. The molecule has 2 aromatic rings. The molecule has 0 aromatic heterocycles. The highest BCUT2D eigenvalue weighted by Crippen LogP contribution is 2.34. The van der Waals surface area contributed by atoms with E-state index in [9.17, 15) is 18.0 Å². The number of anilines is 1. The number of methoxy groups -OCH3 is 1. The second-order valence-corrected chi connectivity index (χ2v) is 4.99. The van der Waals surface area contributed by atoms with Crippen molar-refractivity contribution in [2.75, 3.05) is 19.0 Å². The Morgan fingerprint density at radius 1 is 1.08 bits per heavy atom. The maximum absolute atomic E-state index is 12.9. The number of halogens is 3. The van der Waals surface area contributed by atoms with Crippen LogP contribution in [-0.2, 0) is 17.5 Å². The van der Waals surface area contributed by atoms with Gasteiger partial charge in [0.05, 0.1) is 19.2 Å². The summed E-state index contributed by atoms with van der Waals surface area (Å²) in [6, 6.07) is 12.2. The number of rotatable bonds is 6. The minimum atomic E-state index is -4.47. The third-order valence-electron chi connectivity index (χ3n) is 3.34. The minimum Gasteiger partial charge on any atom is -0.496 e. The first kappa shape index (κ1) is 17.7. The van der Waals surface area contributed by atoms with E-state index in [1.165, 1.54) is 25.3 Å². The molecule has 1 amide bonds. The molecular weight excluding hydrogens is 321 g/mol. The highest BCUT2D eigenvalue weighted by Gasteiger charge is 2.33. The fraction of sp³-hybridized carbons (Fsp3) is 0.235. The number of hydrogen-bond acceptors (Lipinski definition) is 3. The molecule has 0 heterocycles. The predicted octanol–water partition coefficient (Wildman–Crippen LogP) is 3.44. The van der Waals surface area contributed by atoms with Gasteiger partial charge in [-0.25, -0.2) is 0 Å². The first-order chi connectivity index (χ1) is 11.4. The van der Waals surface area contributed by atoms with Crippen LogP contribution in [0.2, 0.25) is 0 Å². The number of carbonyl (C=O) groups is 1. The van der Waals surface area contributed by atoms with Gasteiger partial charge >= 0.3 is 6.18 Å². The molecule has 4 nitrogen and oxygen atoms in total. The molecule has 7 heteroatoms. The van der Waals surface area contributed by atoms with E-state index in [0.717, 1.165) is 11.6 Å². The Morgan fingerprint density at radius 2 is 1.75 bits per heavy atom. The number of alkyl halides is 3. The van der Waals surface area contributed by atoms with Gasteiger partial charge in [0.15, 0.2) is 0 Å². The number of benzene rings is 2. The third-order valence-corrected chi connectivity index (χ3v) is 3.34.